The lowest BCUT2D eigenvalue weighted by atomic mass is 10.1. The van der Waals surface area contributed by atoms with Gasteiger partial charge in [-0.05, 0) is 55.7 Å². The van der Waals surface area contributed by atoms with Gasteiger partial charge in [-0.3, -0.25) is 0 Å². The molecule has 0 aliphatic carbocycles. The summed E-state index contributed by atoms with van der Waals surface area (Å²) >= 11 is 6.13. The van der Waals surface area contributed by atoms with E-state index in [4.69, 9.17) is 21.6 Å². The summed E-state index contributed by atoms with van der Waals surface area (Å²) in [6.45, 7) is 6.07. The van der Waals surface area contributed by atoms with Crippen LogP contribution in [-0.4, -0.2) is 0 Å². The Morgan fingerprint density at radius 3 is 2.37 bits per heavy atom. The maximum Gasteiger partial charge on any atom is 0.146 e. The number of rotatable bonds is 2. The molecule has 0 saturated heterocycles. The first-order valence-corrected chi connectivity index (χ1v) is 6.35. The molecule has 3 heteroatoms. The minimum Gasteiger partial charge on any atom is -0.455 e. The minimum atomic E-state index is 0.444. The van der Waals surface area contributed by atoms with Crippen LogP contribution < -0.4 is 4.74 Å². The first kappa shape index (κ1) is 13.5. The predicted molar refractivity (Wildman–Crippen MR) is 76.9 cm³/mol. The average molecular weight is 272 g/mol. The molecule has 2 rings (SSSR count). The van der Waals surface area contributed by atoms with Gasteiger partial charge in [0, 0.05) is 0 Å². The van der Waals surface area contributed by atoms with Crippen LogP contribution >= 0.6 is 11.6 Å². The molecule has 0 atom stereocenters. The van der Waals surface area contributed by atoms with E-state index >= 15 is 0 Å². The Morgan fingerprint density at radius 1 is 1.05 bits per heavy atom. The Morgan fingerprint density at radius 2 is 1.74 bits per heavy atom. The van der Waals surface area contributed by atoms with Crippen molar-refractivity contribution in [2.24, 2.45) is 0 Å². The molecule has 96 valence electrons. The van der Waals surface area contributed by atoms with Crippen molar-refractivity contribution < 1.29 is 4.74 Å². The van der Waals surface area contributed by atoms with E-state index in [9.17, 15) is 0 Å². The highest BCUT2D eigenvalue weighted by Gasteiger charge is 2.10. The van der Waals surface area contributed by atoms with Gasteiger partial charge >= 0.3 is 0 Å². The highest BCUT2D eigenvalue weighted by Crippen LogP contribution is 2.34. The predicted octanol–water partition coefficient (Wildman–Crippen LogP) is 4.93. The summed E-state index contributed by atoms with van der Waals surface area (Å²) in [7, 11) is 0. The molecule has 2 aromatic carbocycles. The summed E-state index contributed by atoms with van der Waals surface area (Å²) in [6, 6.07) is 11.2. The zero-order chi connectivity index (χ0) is 14.0. The number of ether oxygens (including phenoxy) is 1. The summed E-state index contributed by atoms with van der Waals surface area (Å²) in [5.74, 6) is 1.39. The van der Waals surface area contributed by atoms with Crippen LogP contribution in [0.5, 0.6) is 11.5 Å². The Balaban J connectivity index is 2.42. The van der Waals surface area contributed by atoms with Gasteiger partial charge in [0.2, 0.25) is 0 Å². The maximum absolute atomic E-state index is 8.82. The van der Waals surface area contributed by atoms with Gasteiger partial charge in [-0.15, -0.1) is 0 Å². The van der Waals surface area contributed by atoms with E-state index in [2.05, 4.69) is 12.1 Å². The van der Waals surface area contributed by atoms with Crippen molar-refractivity contribution in [3.63, 3.8) is 0 Å². The largest absolute Gasteiger partial charge is 0.455 e. The second kappa shape index (κ2) is 5.34. The molecule has 0 unspecified atom stereocenters. The Bertz CT molecular complexity index is 671. The fraction of sp³-hybridized carbons (Fsp3) is 0.188. The molecule has 19 heavy (non-hydrogen) atoms. The Hall–Kier alpha value is -1.98. The van der Waals surface area contributed by atoms with Gasteiger partial charge in [0.25, 0.3) is 0 Å². The Labute approximate surface area is 118 Å². The number of halogens is 1. The van der Waals surface area contributed by atoms with Gasteiger partial charge in [0.15, 0.2) is 0 Å². The third kappa shape index (κ3) is 2.72. The molecule has 0 heterocycles. The molecule has 0 N–H and O–H groups in total. The smallest absolute Gasteiger partial charge is 0.146 e. The molecule has 0 saturated carbocycles. The van der Waals surface area contributed by atoms with Crippen LogP contribution in [0.25, 0.3) is 0 Å². The number of nitrogens with zero attached hydrogens (tertiary/aromatic N) is 1. The monoisotopic (exact) mass is 271 g/mol. The van der Waals surface area contributed by atoms with Crippen LogP contribution in [0.15, 0.2) is 30.3 Å². The van der Waals surface area contributed by atoms with Gasteiger partial charge in [-0.2, -0.15) is 5.26 Å². The van der Waals surface area contributed by atoms with Crippen molar-refractivity contribution in [1.82, 2.24) is 0 Å². The summed E-state index contributed by atoms with van der Waals surface area (Å²) in [6.07, 6.45) is 0. The first-order valence-electron chi connectivity index (χ1n) is 5.97. The summed E-state index contributed by atoms with van der Waals surface area (Å²) in [5.41, 5.74) is 3.85. The van der Waals surface area contributed by atoms with E-state index < -0.39 is 0 Å². The van der Waals surface area contributed by atoms with E-state index in [-0.39, 0.29) is 0 Å². The summed E-state index contributed by atoms with van der Waals surface area (Å²) in [4.78, 5) is 0. The molecule has 0 amide bonds. The fourth-order valence-electron chi connectivity index (χ4n) is 1.85. The number of nitriles is 1. The molecule has 0 bridgehead atoms. The molecule has 2 nitrogen and oxygen atoms in total. The van der Waals surface area contributed by atoms with Crippen LogP contribution in [0.1, 0.15) is 22.3 Å². The molecule has 2 aromatic rings. The number of aryl methyl sites for hydroxylation is 2. The molecular weight excluding hydrogens is 258 g/mol. The van der Waals surface area contributed by atoms with Crippen molar-refractivity contribution in [1.29, 1.82) is 5.26 Å². The zero-order valence-corrected chi connectivity index (χ0v) is 11.9. The lowest BCUT2D eigenvalue weighted by molar-refractivity contribution is 0.475. The summed E-state index contributed by atoms with van der Waals surface area (Å²) in [5, 5.41) is 9.26. The minimum absolute atomic E-state index is 0.444. The number of benzene rings is 2. The first-order chi connectivity index (χ1) is 9.02. The second-order valence-corrected chi connectivity index (χ2v) is 4.92. The van der Waals surface area contributed by atoms with E-state index in [0.717, 1.165) is 16.9 Å². The lowest BCUT2D eigenvalue weighted by Gasteiger charge is -2.14. The standard InChI is InChI=1S/C16H14ClNO/c1-10-4-5-11(2)16(12(10)3)19-15-7-6-13(9-18)8-14(15)17/h4-8H,1-3H3. The van der Waals surface area contributed by atoms with Gasteiger partial charge in [0.1, 0.15) is 11.5 Å². The number of hydrogen-bond donors (Lipinski definition) is 0. The van der Waals surface area contributed by atoms with E-state index in [1.165, 1.54) is 5.56 Å². The molecule has 0 aliphatic heterocycles. The highest BCUT2D eigenvalue weighted by atomic mass is 35.5. The molecule has 0 spiro atoms. The third-order valence-corrected chi connectivity index (χ3v) is 3.44. The second-order valence-electron chi connectivity index (χ2n) is 4.51. The van der Waals surface area contributed by atoms with Crippen LogP contribution in [0.4, 0.5) is 0 Å². The lowest BCUT2D eigenvalue weighted by Crippen LogP contribution is -1.94. The van der Waals surface area contributed by atoms with Gasteiger partial charge in [0.05, 0.1) is 16.7 Å². The average Bonchev–Trinajstić information content (AvgIpc) is 2.40. The third-order valence-electron chi connectivity index (χ3n) is 3.15. The normalized spacial score (nSPS) is 10.1. The SMILES string of the molecule is Cc1ccc(C)c(Oc2ccc(C#N)cc2Cl)c1C. The van der Waals surface area contributed by atoms with Crippen LogP contribution in [0.3, 0.4) is 0 Å². The van der Waals surface area contributed by atoms with E-state index in [1.807, 2.05) is 26.8 Å². The van der Waals surface area contributed by atoms with E-state index in [0.29, 0.717) is 16.3 Å². The van der Waals surface area contributed by atoms with Crippen LogP contribution in [0, 0.1) is 32.1 Å². The number of hydrogen-bond acceptors (Lipinski definition) is 2. The topological polar surface area (TPSA) is 33.0 Å². The van der Waals surface area contributed by atoms with E-state index in [1.54, 1.807) is 18.2 Å². The highest BCUT2D eigenvalue weighted by molar-refractivity contribution is 6.32. The summed E-state index contributed by atoms with van der Waals surface area (Å²) < 4.78 is 5.91. The quantitative estimate of drug-likeness (QED) is 0.776. The fourth-order valence-corrected chi connectivity index (χ4v) is 2.06. The van der Waals surface area contributed by atoms with Gasteiger partial charge < -0.3 is 4.74 Å². The van der Waals surface area contributed by atoms with Crippen LogP contribution in [-0.2, 0) is 0 Å². The molecule has 0 fully saturated rings. The molecule has 0 aliphatic rings. The van der Waals surface area contributed by atoms with Crippen molar-refractivity contribution in [2.45, 2.75) is 20.8 Å². The zero-order valence-electron chi connectivity index (χ0n) is 11.1. The van der Waals surface area contributed by atoms with Crippen molar-refractivity contribution >= 4 is 11.6 Å². The van der Waals surface area contributed by atoms with Gasteiger partial charge in [-0.1, -0.05) is 23.7 Å². The Kier molecular flexibility index (Phi) is 3.78. The molecule has 0 aromatic heterocycles. The van der Waals surface area contributed by atoms with Gasteiger partial charge in [-0.25, -0.2) is 0 Å². The van der Waals surface area contributed by atoms with Crippen molar-refractivity contribution in [2.75, 3.05) is 0 Å². The molecular formula is C16H14ClNO. The van der Waals surface area contributed by atoms with Crippen molar-refractivity contribution in [3.05, 3.63) is 57.6 Å². The van der Waals surface area contributed by atoms with Crippen molar-refractivity contribution in [3.8, 4) is 17.6 Å². The van der Waals surface area contributed by atoms with Crippen LogP contribution in [0.2, 0.25) is 5.02 Å². The molecule has 0 radical (unpaired) electrons. The maximum atomic E-state index is 8.82.